The van der Waals surface area contributed by atoms with E-state index < -0.39 is 0 Å². The van der Waals surface area contributed by atoms with Crippen LogP contribution in [0.3, 0.4) is 0 Å². The van der Waals surface area contributed by atoms with Gasteiger partial charge in [0.05, 0.1) is 19.3 Å². The second-order valence-electron chi connectivity index (χ2n) is 3.35. The van der Waals surface area contributed by atoms with Crippen LogP contribution in [0.25, 0.3) is 0 Å². The summed E-state index contributed by atoms with van der Waals surface area (Å²) < 4.78 is 5.47. The van der Waals surface area contributed by atoms with Crippen LogP contribution < -0.4 is 11.1 Å². The van der Waals surface area contributed by atoms with Crippen LogP contribution in [0.1, 0.15) is 0 Å². The fraction of sp³-hybridized carbons (Fsp3) is 0.875. The monoisotopic (exact) mass is 187 g/mol. The van der Waals surface area contributed by atoms with Crippen LogP contribution in [0, 0.1) is 0 Å². The maximum Gasteiger partial charge on any atom is 0.231 e. The molecule has 0 aromatic carbocycles. The lowest BCUT2D eigenvalue weighted by molar-refractivity contribution is -0.117. The highest BCUT2D eigenvalue weighted by atomic mass is 16.5. The first-order valence-corrected chi connectivity index (χ1v) is 4.47. The van der Waals surface area contributed by atoms with Crippen LogP contribution in [-0.4, -0.2) is 56.7 Å². The first kappa shape index (κ1) is 10.4. The number of likely N-dealkylation sites (N-methyl/N-ethyl adjacent to an activating group) is 1. The number of nitrogens with one attached hydrogen (secondary N) is 1. The molecule has 0 saturated carbocycles. The minimum absolute atomic E-state index is 0.179. The lowest BCUT2D eigenvalue weighted by atomic mass is 10.3. The van der Waals surface area contributed by atoms with E-state index in [0.717, 1.165) is 19.7 Å². The fourth-order valence-corrected chi connectivity index (χ4v) is 1.35. The average molecular weight is 187 g/mol. The Balaban J connectivity index is 2.10. The van der Waals surface area contributed by atoms with Crippen LogP contribution in [-0.2, 0) is 9.53 Å². The number of nitrogens with two attached hydrogens (primary N) is 1. The van der Waals surface area contributed by atoms with Gasteiger partial charge in [0.1, 0.15) is 0 Å². The molecule has 1 amide bonds. The quantitative estimate of drug-likeness (QED) is 0.556. The van der Waals surface area contributed by atoms with Crippen molar-refractivity contribution in [2.24, 2.45) is 5.73 Å². The second kappa shape index (κ2) is 5.16. The Hall–Kier alpha value is -0.650. The van der Waals surface area contributed by atoms with Crippen molar-refractivity contribution in [2.75, 3.05) is 39.8 Å². The smallest absolute Gasteiger partial charge is 0.231 e. The Kier molecular flexibility index (Phi) is 4.14. The summed E-state index contributed by atoms with van der Waals surface area (Å²) in [5.74, 6) is -0.329. The first-order chi connectivity index (χ1) is 6.18. The van der Waals surface area contributed by atoms with Gasteiger partial charge in [-0.25, -0.2) is 0 Å². The molecule has 0 spiro atoms. The number of morpholine rings is 1. The molecule has 0 unspecified atom stereocenters. The molecule has 0 aromatic heterocycles. The van der Waals surface area contributed by atoms with Gasteiger partial charge in [0.15, 0.2) is 0 Å². The summed E-state index contributed by atoms with van der Waals surface area (Å²) in [6.07, 6.45) is 0.179. The maximum atomic E-state index is 10.4. The van der Waals surface area contributed by atoms with Gasteiger partial charge in [0.2, 0.25) is 5.91 Å². The normalized spacial score (nSPS) is 24.5. The summed E-state index contributed by atoms with van der Waals surface area (Å²) in [7, 11) is 2.06. The third kappa shape index (κ3) is 4.21. The second-order valence-corrected chi connectivity index (χ2v) is 3.35. The number of primary amides is 1. The van der Waals surface area contributed by atoms with E-state index in [0.29, 0.717) is 6.54 Å². The molecule has 1 saturated heterocycles. The fourth-order valence-electron chi connectivity index (χ4n) is 1.35. The van der Waals surface area contributed by atoms with E-state index >= 15 is 0 Å². The Morgan fingerprint density at radius 1 is 1.77 bits per heavy atom. The number of nitrogens with zero attached hydrogens (tertiary/aromatic N) is 1. The minimum atomic E-state index is -0.329. The summed E-state index contributed by atoms with van der Waals surface area (Å²) in [4.78, 5) is 12.6. The molecule has 0 aliphatic carbocycles. The molecular formula is C8H17N3O2. The van der Waals surface area contributed by atoms with Crippen LogP contribution >= 0.6 is 0 Å². The van der Waals surface area contributed by atoms with Gasteiger partial charge in [-0.15, -0.1) is 0 Å². The Morgan fingerprint density at radius 3 is 3.15 bits per heavy atom. The summed E-state index contributed by atoms with van der Waals surface area (Å²) in [5.41, 5.74) is 4.98. The number of hydrogen-bond acceptors (Lipinski definition) is 4. The summed E-state index contributed by atoms with van der Waals surface area (Å²) in [6.45, 7) is 3.56. The number of hydrogen-bond donors (Lipinski definition) is 2. The lowest BCUT2D eigenvalue weighted by Crippen LogP contribution is -2.46. The molecule has 1 aliphatic heterocycles. The minimum Gasteiger partial charge on any atom is -0.374 e. The van der Waals surface area contributed by atoms with Gasteiger partial charge in [-0.3, -0.25) is 4.79 Å². The molecule has 1 aliphatic rings. The van der Waals surface area contributed by atoms with E-state index in [1.165, 1.54) is 0 Å². The van der Waals surface area contributed by atoms with Crippen molar-refractivity contribution in [1.29, 1.82) is 0 Å². The highest BCUT2D eigenvalue weighted by Gasteiger charge is 2.16. The molecule has 3 N–H and O–H groups in total. The number of rotatable bonds is 4. The van der Waals surface area contributed by atoms with Crippen molar-refractivity contribution in [3.63, 3.8) is 0 Å². The van der Waals surface area contributed by atoms with Gasteiger partial charge in [-0.2, -0.15) is 0 Å². The highest BCUT2D eigenvalue weighted by molar-refractivity contribution is 5.75. The van der Waals surface area contributed by atoms with Crippen LogP contribution in [0.15, 0.2) is 0 Å². The SMILES string of the molecule is CN1CCO[C@H](CNCC(N)=O)C1. The predicted octanol–water partition coefficient (Wildman–Crippen LogP) is -1.61. The van der Waals surface area contributed by atoms with Crippen LogP contribution in [0.5, 0.6) is 0 Å². The maximum absolute atomic E-state index is 10.4. The Labute approximate surface area is 78.2 Å². The van der Waals surface area contributed by atoms with E-state index in [-0.39, 0.29) is 18.6 Å². The molecule has 1 rings (SSSR count). The molecule has 0 bridgehead atoms. The highest BCUT2D eigenvalue weighted by Crippen LogP contribution is 2.00. The van der Waals surface area contributed by atoms with Crippen molar-refractivity contribution >= 4 is 5.91 Å². The molecule has 13 heavy (non-hydrogen) atoms. The molecule has 5 heteroatoms. The van der Waals surface area contributed by atoms with Crippen molar-refractivity contribution in [3.8, 4) is 0 Å². The Morgan fingerprint density at radius 2 is 2.54 bits per heavy atom. The summed E-state index contributed by atoms with van der Waals surface area (Å²) in [6, 6.07) is 0. The van der Waals surface area contributed by atoms with Gasteiger partial charge in [-0.1, -0.05) is 0 Å². The lowest BCUT2D eigenvalue weighted by Gasteiger charge is -2.30. The standard InChI is InChI=1S/C8H17N3O2/c1-11-2-3-13-7(6-11)4-10-5-8(9)12/h7,10H,2-6H2,1H3,(H2,9,12)/t7-/m1/s1. The van der Waals surface area contributed by atoms with Crippen molar-refractivity contribution in [2.45, 2.75) is 6.10 Å². The Bertz CT molecular complexity index is 175. The topological polar surface area (TPSA) is 67.6 Å². The molecule has 0 aromatic rings. The number of carbonyl (C=O) groups excluding carboxylic acids is 1. The van der Waals surface area contributed by atoms with E-state index in [1.807, 2.05) is 0 Å². The third-order valence-electron chi connectivity index (χ3n) is 2.01. The van der Waals surface area contributed by atoms with E-state index in [1.54, 1.807) is 0 Å². The average Bonchev–Trinajstić information content (AvgIpc) is 2.03. The zero-order valence-electron chi connectivity index (χ0n) is 7.95. The predicted molar refractivity (Wildman–Crippen MR) is 49.3 cm³/mol. The molecule has 1 heterocycles. The van der Waals surface area contributed by atoms with Gasteiger partial charge in [0.25, 0.3) is 0 Å². The van der Waals surface area contributed by atoms with Crippen LogP contribution in [0.4, 0.5) is 0 Å². The number of ether oxygens (including phenoxy) is 1. The van der Waals surface area contributed by atoms with Gasteiger partial charge in [0, 0.05) is 19.6 Å². The van der Waals surface area contributed by atoms with Gasteiger partial charge in [-0.05, 0) is 7.05 Å². The van der Waals surface area contributed by atoms with Gasteiger partial charge < -0.3 is 20.7 Å². The van der Waals surface area contributed by atoms with E-state index in [2.05, 4.69) is 17.3 Å². The number of amides is 1. The summed E-state index contributed by atoms with van der Waals surface area (Å²) in [5, 5.41) is 2.95. The third-order valence-corrected chi connectivity index (χ3v) is 2.01. The van der Waals surface area contributed by atoms with E-state index in [9.17, 15) is 4.79 Å². The zero-order valence-corrected chi connectivity index (χ0v) is 7.95. The number of carbonyl (C=O) groups is 1. The molecule has 5 nitrogen and oxygen atoms in total. The first-order valence-electron chi connectivity index (χ1n) is 4.47. The van der Waals surface area contributed by atoms with Crippen molar-refractivity contribution in [3.05, 3.63) is 0 Å². The zero-order chi connectivity index (χ0) is 9.68. The molecule has 1 atom stereocenters. The van der Waals surface area contributed by atoms with Crippen molar-refractivity contribution < 1.29 is 9.53 Å². The molecule has 0 radical (unpaired) electrons. The molecular weight excluding hydrogens is 170 g/mol. The van der Waals surface area contributed by atoms with Gasteiger partial charge >= 0.3 is 0 Å². The summed E-state index contributed by atoms with van der Waals surface area (Å²) >= 11 is 0. The van der Waals surface area contributed by atoms with Crippen LogP contribution in [0.2, 0.25) is 0 Å². The largest absolute Gasteiger partial charge is 0.374 e. The van der Waals surface area contributed by atoms with Crippen molar-refractivity contribution in [1.82, 2.24) is 10.2 Å². The molecule has 1 fully saturated rings. The molecule has 76 valence electrons. The van der Waals surface area contributed by atoms with E-state index in [4.69, 9.17) is 10.5 Å².